The fourth-order valence-corrected chi connectivity index (χ4v) is 4.20. The molecule has 0 bridgehead atoms. The zero-order chi connectivity index (χ0) is 19.7. The lowest BCUT2D eigenvalue weighted by molar-refractivity contribution is -0.122. The summed E-state index contributed by atoms with van der Waals surface area (Å²) in [6, 6.07) is 9.85. The van der Waals surface area contributed by atoms with Crippen molar-refractivity contribution in [2.75, 3.05) is 16.8 Å². The van der Waals surface area contributed by atoms with Gasteiger partial charge in [-0.15, -0.1) is 0 Å². The Hall–Kier alpha value is -2.33. The van der Waals surface area contributed by atoms with Gasteiger partial charge in [-0.25, -0.2) is 0 Å². The first-order valence-electron chi connectivity index (χ1n) is 9.28. The zero-order valence-corrected chi connectivity index (χ0v) is 17.0. The Morgan fingerprint density at radius 3 is 2.63 bits per heavy atom. The van der Waals surface area contributed by atoms with Gasteiger partial charge in [-0.2, -0.15) is 0 Å². The van der Waals surface area contributed by atoms with Gasteiger partial charge < -0.3 is 10.2 Å². The van der Waals surface area contributed by atoms with Gasteiger partial charge in [0.2, 0.25) is 11.8 Å². The molecule has 1 heterocycles. The van der Waals surface area contributed by atoms with Crippen molar-refractivity contribution < 1.29 is 9.59 Å². The predicted octanol–water partition coefficient (Wildman–Crippen LogP) is 4.82. The number of halogens is 1. The fourth-order valence-electron chi connectivity index (χ4n) is 3.78. The molecule has 1 aliphatic heterocycles. The molecule has 3 rings (SSSR count). The maximum atomic E-state index is 12.9. The normalized spacial score (nSPS) is 16.7. The molecule has 5 heteroatoms. The van der Waals surface area contributed by atoms with Gasteiger partial charge in [0.25, 0.3) is 0 Å². The number of nitrogens with zero attached hydrogens (tertiary/aromatic N) is 1. The number of amides is 2. The van der Waals surface area contributed by atoms with Crippen LogP contribution >= 0.6 is 11.6 Å². The number of nitrogens with one attached hydrogen (secondary N) is 1. The molecular formula is C22H25ClN2O2. The smallest absolute Gasteiger partial charge is 0.229 e. The van der Waals surface area contributed by atoms with Crippen LogP contribution < -0.4 is 10.2 Å². The molecule has 142 valence electrons. The fraction of sp³-hybridized carbons (Fsp3) is 0.364. The molecule has 1 saturated heterocycles. The minimum absolute atomic E-state index is 0.0653. The van der Waals surface area contributed by atoms with Gasteiger partial charge in [0, 0.05) is 18.7 Å². The molecule has 4 nitrogen and oxygen atoms in total. The number of hydrogen-bond donors (Lipinski definition) is 1. The maximum Gasteiger partial charge on any atom is 0.229 e. The van der Waals surface area contributed by atoms with Crippen molar-refractivity contribution in [1.29, 1.82) is 0 Å². The summed E-state index contributed by atoms with van der Waals surface area (Å²) >= 11 is 6.40. The SMILES string of the molecule is CCc1cccc(C)c1NC(=O)C1CC(=O)N(c2c(C)cc(C)cc2Cl)C1. The Kier molecular flexibility index (Phi) is 5.56. The summed E-state index contributed by atoms with van der Waals surface area (Å²) in [5.74, 6) is -0.571. The summed E-state index contributed by atoms with van der Waals surface area (Å²) in [4.78, 5) is 27.1. The van der Waals surface area contributed by atoms with Crippen LogP contribution in [0, 0.1) is 26.7 Å². The van der Waals surface area contributed by atoms with Crippen molar-refractivity contribution >= 4 is 34.8 Å². The molecule has 2 aromatic carbocycles. The number of carbonyl (C=O) groups is 2. The summed E-state index contributed by atoms with van der Waals surface area (Å²) in [6.07, 6.45) is 1.04. The first kappa shape index (κ1) is 19.4. The first-order chi connectivity index (χ1) is 12.8. The highest BCUT2D eigenvalue weighted by atomic mass is 35.5. The van der Waals surface area contributed by atoms with Crippen molar-refractivity contribution in [2.24, 2.45) is 5.92 Å². The van der Waals surface area contributed by atoms with Crippen LogP contribution in [0.5, 0.6) is 0 Å². The minimum atomic E-state index is -0.390. The van der Waals surface area contributed by atoms with E-state index in [0.717, 1.165) is 34.4 Å². The minimum Gasteiger partial charge on any atom is -0.325 e. The van der Waals surface area contributed by atoms with Gasteiger partial charge in [-0.3, -0.25) is 9.59 Å². The summed E-state index contributed by atoms with van der Waals surface area (Å²) in [7, 11) is 0. The van der Waals surface area contributed by atoms with Crippen molar-refractivity contribution in [3.05, 3.63) is 57.6 Å². The summed E-state index contributed by atoms with van der Waals surface area (Å²) in [5.41, 5.74) is 5.70. The number of aryl methyl sites for hydroxylation is 4. The largest absolute Gasteiger partial charge is 0.325 e. The molecule has 2 amide bonds. The number of para-hydroxylation sites is 1. The van der Waals surface area contributed by atoms with Crippen LogP contribution in [0.2, 0.25) is 5.02 Å². The van der Waals surface area contributed by atoms with Crippen LogP contribution in [0.1, 0.15) is 35.6 Å². The second-order valence-electron chi connectivity index (χ2n) is 7.27. The zero-order valence-electron chi connectivity index (χ0n) is 16.2. The van der Waals surface area contributed by atoms with E-state index in [1.165, 1.54) is 0 Å². The lowest BCUT2D eigenvalue weighted by Gasteiger charge is -2.21. The molecular weight excluding hydrogens is 360 g/mol. The van der Waals surface area contributed by atoms with Crippen molar-refractivity contribution in [2.45, 2.75) is 40.5 Å². The van der Waals surface area contributed by atoms with E-state index in [9.17, 15) is 9.59 Å². The Labute approximate surface area is 165 Å². The van der Waals surface area contributed by atoms with Crippen LogP contribution in [0.15, 0.2) is 30.3 Å². The molecule has 1 aliphatic rings. The summed E-state index contributed by atoms with van der Waals surface area (Å²) in [6.45, 7) is 8.30. The van der Waals surface area contributed by atoms with E-state index < -0.39 is 5.92 Å². The third-order valence-electron chi connectivity index (χ3n) is 5.15. The van der Waals surface area contributed by atoms with Crippen LogP contribution in [0.25, 0.3) is 0 Å². The van der Waals surface area contributed by atoms with Crippen LogP contribution in [-0.4, -0.2) is 18.4 Å². The molecule has 0 aliphatic carbocycles. The Morgan fingerprint density at radius 1 is 1.22 bits per heavy atom. The molecule has 1 fully saturated rings. The van der Waals surface area contributed by atoms with E-state index in [2.05, 4.69) is 12.2 Å². The van der Waals surface area contributed by atoms with Gasteiger partial charge >= 0.3 is 0 Å². The second-order valence-corrected chi connectivity index (χ2v) is 7.68. The average molecular weight is 385 g/mol. The van der Waals surface area contributed by atoms with Crippen molar-refractivity contribution in [1.82, 2.24) is 0 Å². The monoisotopic (exact) mass is 384 g/mol. The molecule has 2 aromatic rings. The molecule has 1 N–H and O–H groups in total. The van der Waals surface area contributed by atoms with Gasteiger partial charge in [0.1, 0.15) is 0 Å². The van der Waals surface area contributed by atoms with Crippen molar-refractivity contribution in [3.63, 3.8) is 0 Å². The quantitative estimate of drug-likeness (QED) is 0.821. The predicted molar refractivity (Wildman–Crippen MR) is 111 cm³/mol. The summed E-state index contributed by atoms with van der Waals surface area (Å²) in [5, 5.41) is 3.60. The molecule has 0 spiro atoms. The average Bonchev–Trinajstić information content (AvgIpc) is 2.97. The van der Waals surface area contributed by atoms with Crippen LogP contribution in [0.3, 0.4) is 0 Å². The van der Waals surface area contributed by atoms with Crippen molar-refractivity contribution in [3.8, 4) is 0 Å². The number of anilines is 2. The number of rotatable bonds is 4. The molecule has 0 aromatic heterocycles. The van der Waals surface area contributed by atoms with Gasteiger partial charge in [0.05, 0.1) is 16.6 Å². The molecule has 1 unspecified atom stereocenters. The lowest BCUT2D eigenvalue weighted by atomic mass is 10.0. The van der Waals surface area contributed by atoms with E-state index in [4.69, 9.17) is 11.6 Å². The van der Waals surface area contributed by atoms with E-state index in [0.29, 0.717) is 17.3 Å². The maximum absolute atomic E-state index is 12.9. The van der Waals surface area contributed by atoms with E-state index in [1.54, 1.807) is 4.90 Å². The Morgan fingerprint density at radius 2 is 1.96 bits per heavy atom. The Balaban J connectivity index is 1.81. The topological polar surface area (TPSA) is 49.4 Å². The van der Waals surface area contributed by atoms with Crippen LogP contribution in [-0.2, 0) is 16.0 Å². The van der Waals surface area contributed by atoms with E-state index in [-0.39, 0.29) is 18.2 Å². The lowest BCUT2D eigenvalue weighted by Crippen LogP contribution is -2.29. The molecule has 0 radical (unpaired) electrons. The molecule has 27 heavy (non-hydrogen) atoms. The highest BCUT2D eigenvalue weighted by Gasteiger charge is 2.36. The Bertz CT molecular complexity index is 884. The van der Waals surface area contributed by atoms with Crippen LogP contribution in [0.4, 0.5) is 11.4 Å². The van der Waals surface area contributed by atoms with Gasteiger partial charge in [-0.1, -0.05) is 42.8 Å². The van der Waals surface area contributed by atoms with E-state index >= 15 is 0 Å². The number of benzene rings is 2. The summed E-state index contributed by atoms with van der Waals surface area (Å²) < 4.78 is 0. The molecule has 1 atom stereocenters. The first-order valence-corrected chi connectivity index (χ1v) is 9.66. The third-order valence-corrected chi connectivity index (χ3v) is 5.44. The molecule has 0 saturated carbocycles. The highest BCUT2D eigenvalue weighted by Crippen LogP contribution is 2.35. The number of carbonyl (C=O) groups excluding carboxylic acids is 2. The number of hydrogen-bond acceptors (Lipinski definition) is 2. The van der Waals surface area contributed by atoms with Gasteiger partial charge in [0.15, 0.2) is 0 Å². The third kappa shape index (κ3) is 3.86. The highest BCUT2D eigenvalue weighted by molar-refractivity contribution is 6.34. The standard InChI is InChI=1S/C22H25ClN2O2/c1-5-16-8-6-7-14(3)20(16)24-22(27)17-11-19(26)25(12-17)21-15(4)9-13(2)10-18(21)23/h6-10,17H,5,11-12H2,1-4H3,(H,24,27). The second kappa shape index (κ2) is 7.73. The van der Waals surface area contributed by atoms with E-state index in [1.807, 2.05) is 51.1 Å². The van der Waals surface area contributed by atoms with Gasteiger partial charge in [-0.05, 0) is 55.5 Å².